The average Bonchev–Trinajstić information content (AvgIpc) is 2.43. The molecule has 0 spiro atoms. The topological polar surface area (TPSA) is 76.9 Å². The van der Waals surface area contributed by atoms with Crippen molar-refractivity contribution < 1.29 is 4.74 Å². The molecule has 2 N–H and O–H groups in total. The van der Waals surface area contributed by atoms with E-state index in [0.717, 1.165) is 0 Å². The van der Waals surface area contributed by atoms with Crippen molar-refractivity contribution in [1.29, 1.82) is 5.26 Å². The van der Waals surface area contributed by atoms with Crippen molar-refractivity contribution in [3.05, 3.63) is 11.9 Å². The van der Waals surface area contributed by atoms with E-state index >= 15 is 0 Å². The third-order valence-electron chi connectivity index (χ3n) is 1.48. The van der Waals surface area contributed by atoms with Gasteiger partial charge in [-0.2, -0.15) is 10.4 Å². The first kappa shape index (κ1) is 8.56. The Bertz CT molecular complexity index is 299. The molecule has 64 valence electrons. The van der Waals surface area contributed by atoms with Crippen LogP contribution in [-0.2, 0) is 11.3 Å². The summed E-state index contributed by atoms with van der Waals surface area (Å²) in [7, 11) is 1.60. The van der Waals surface area contributed by atoms with E-state index in [9.17, 15) is 0 Å². The summed E-state index contributed by atoms with van der Waals surface area (Å²) in [6.45, 7) is 1.08. The molecule has 0 aliphatic rings. The van der Waals surface area contributed by atoms with Crippen LogP contribution in [0.4, 0.5) is 5.69 Å². The Hall–Kier alpha value is -1.54. The summed E-state index contributed by atoms with van der Waals surface area (Å²) >= 11 is 0. The van der Waals surface area contributed by atoms with Gasteiger partial charge in [-0.05, 0) is 0 Å². The fourth-order valence-corrected chi connectivity index (χ4v) is 0.869. The molecule has 1 heterocycles. The standard InChI is InChI=1S/C7H10N4O/c1-12-3-2-11-7(4-8)6(9)5-10-11/h5H,2-3,9H2,1H3. The molecule has 0 saturated carbocycles. The molecule has 0 unspecified atom stereocenters. The molecule has 0 aliphatic heterocycles. The van der Waals surface area contributed by atoms with Gasteiger partial charge in [-0.25, -0.2) is 0 Å². The van der Waals surface area contributed by atoms with Crippen molar-refractivity contribution in [2.75, 3.05) is 19.5 Å². The van der Waals surface area contributed by atoms with Crippen molar-refractivity contribution in [3.8, 4) is 6.07 Å². The van der Waals surface area contributed by atoms with Gasteiger partial charge in [0.25, 0.3) is 0 Å². The van der Waals surface area contributed by atoms with Crippen LogP contribution in [0.5, 0.6) is 0 Å². The summed E-state index contributed by atoms with van der Waals surface area (Å²) in [5, 5.41) is 12.6. The second-order valence-corrected chi connectivity index (χ2v) is 2.28. The normalized spacial score (nSPS) is 9.67. The number of methoxy groups -OCH3 is 1. The Morgan fingerprint density at radius 3 is 3.17 bits per heavy atom. The van der Waals surface area contributed by atoms with Crippen LogP contribution in [-0.4, -0.2) is 23.5 Å². The Morgan fingerprint density at radius 1 is 1.83 bits per heavy atom. The zero-order valence-corrected chi connectivity index (χ0v) is 6.82. The molecule has 1 aromatic rings. The minimum Gasteiger partial charge on any atom is -0.395 e. The molecule has 0 aliphatic carbocycles. The van der Waals surface area contributed by atoms with Crippen LogP contribution in [0, 0.1) is 11.3 Å². The molecular weight excluding hydrogens is 156 g/mol. The Kier molecular flexibility index (Phi) is 2.66. The summed E-state index contributed by atoms with van der Waals surface area (Å²) in [6, 6.07) is 1.97. The summed E-state index contributed by atoms with van der Waals surface area (Å²) in [4.78, 5) is 0. The Balaban J connectivity index is 2.79. The van der Waals surface area contributed by atoms with Crippen LogP contribution < -0.4 is 5.73 Å². The number of hydrogen-bond acceptors (Lipinski definition) is 4. The maximum atomic E-state index is 8.66. The lowest BCUT2D eigenvalue weighted by Crippen LogP contribution is -2.08. The molecular formula is C7H10N4O. The van der Waals surface area contributed by atoms with Gasteiger partial charge in [-0.15, -0.1) is 0 Å². The quantitative estimate of drug-likeness (QED) is 0.684. The number of nitrogens with two attached hydrogens (primary N) is 1. The predicted molar refractivity (Wildman–Crippen MR) is 43.2 cm³/mol. The smallest absolute Gasteiger partial charge is 0.161 e. The van der Waals surface area contributed by atoms with Gasteiger partial charge < -0.3 is 10.5 Å². The highest BCUT2D eigenvalue weighted by Crippen LogP contribution is 2.07. The van der Waals surface area contributed by atoms with Crippen LogP contribution in [0.3, 0.4) is 0 Å². The number of nitrogens with zero attached hydrogens (tertiary/aromatic N) is 3. The fraction of sp³-hybridized carbons (Fsp3) is 0.429. The zero-order valence-electron chi connectivity index (χ0n) is 6.82. The summed E-state index contributed by atoms with van der Waals surface area (Å²) in [6.07, 6.45) is 1.47. The molecule has 5 nitrogen and oxygen atoms in total. The number of nitrogen functional groups attached to an aromatic ring is 1. The van der Waals surface area contributed by atoms with Gasteiger partial charge in [0.05, 0.1) is 25.0 Å². The molecule has 0 aromatic carbocycles. The van der Waals surface area contributed by atoms with E-state index in [1.54, 1.807) is 7.11 Å². The molecule has 1 aromatic heterocycles. The Morgan fingerprint density at radius 2 is 2.58 bits per heavy atom. The molecule has 0 bridgehead atoms. The fourth-order valence-electron chi connectivity index (χ4n) is 0.869. The summed E-state index contributed by atoms with van der Waals surface area (Å²) < 4.78 is 6.37. The first-order valence-electron chi connectivity index (χ1n) is 3.50. The molecule has 0 saturated heterocycles. The Labute approximate surface area is 70.3 Å². The van der Waals surface area contributed by atoms with E-state index in [0.29, 0.717) is 24.5 Å². The first-order valence-corrected chi connectivity index (χ1v) is 3.50. The number of rotatable bonds is 3. The van der Waals surface area contributed by atoms with E-state index in [4.69, 9.17) is 15.7 Å². The van der Waals surface area contributed by atoms with E-state index in [2.05, 4.69) is 5.10 Å². The van der Waals surface area contributed by atoms with E-state index in [-0.39, 0.29) is 0 Å². The van der Waals surface area contributed by atoms with Crippen LogP contribution >= 0.6 is 0 Å². The van der Waals surface area contributed by atoms with Crippen molar-refractivity contribution in [2.45, 2.75) is 6.54 Å². The number of nitriles is 1. The second kappa shape index (κ2) is 3.74. The summed E-state index contributed by atoms with van der Waals surface area (Å²) in [5.74, 6) is 0. The van der Waals surface area contributed by atoms with Crippen LogP contribution in [0.1, 0.15) is 5.69 Å². The molecule has 5 heteroatoms. The highest BCUT2D eigenvalue weighted by atomic mass is 16.5. The number of anilines is 1. The maximum Gasteiger partial charge on any atom is 0.161 e. The van der Waals surface area contributed by atoms with Crippen molar-refractivity contribution in [2.24, 2.45) is 0 Å². The van der Waals surface area contributed by atoms with Gasteiger partial charge in [-0.1, -0.05) is 0 Å². The van der Waals surface area contributed by atoms with E-state index in [1.807, 2.05) is 6.07 Å². The molecule has 1 rings (SSSR count). The van der Waals surface area contributed by atoms with Gasteiger partial charge in [0.2, 0.25) is 0 Å². The maximum absolute atomic E-state index is 8.66. The second-order valence-electron chi connectivity index (χ2n) is 2.28. The van der Waals surface area contributed by atoms with Crippen molar-refractivity contribution in [3.63, 3.8) is 0 Å². The molecule has 12 heavy (non-hydrogen) atoms. The largest absolute Gasteiger partial charge is 0.395 e. The van der Waals surface area contributed by atoms with E-state index < -0.39 is 0 Å². The van der Waals surface area contributed by atoms with Crippen LogP contribution in [0.25, 0.3) is 0 Å². The molecule has 0 atom stereocenters. The van der Waals surface area contributed by atoms with Gasteiger partial charge in [-0.3, -0.25) is 4.68 Å². The monoisotopic (exact) mass is 166 g/mol. The third kappa shape index (κ3) is 1.54. The van der Waals surface area contributed by atoms with Gasteiger partial charge >= 0.3 is 0 Å². The van der Waals surface area contributed by atoms with Crippen LogP contribution in [0.15, 0.2) is 6.20 Å². The highest BCUT2D eigenvalue weighted by molar-refractivity contribution is 5.48. The highest BCUT2D eigenvalue weighted by Gasteiger charge is 2.05. The SMILES string of the molecule is COCCn1ncc(N)c1C#N. The minimum atomic E-state index is 0.395. The predicted octanol–water partition coefficient (Wildman–Crippen LogP) is -0.0166. The molecule has 0 amide bonds. The summed E-state index contributed by atoms with van der Waals surface area (Å²) in [5.41, 5.74) is 6.28. The van der Waals surface area contributed by atoms with Crippen LogP contribution in [0.2, 0.25) is 0 Å². The number of aromatic nitrogens is 2. The third-order valence-corrected chi connectivity index (χ3v) is 1.48. The lowest BCUT2D eigenvalue weighted by Gasteiger charge is -2.00. The van der Waals surface area contributed by atoms with E-state index in [1.165, 1.54) is 10.9 Å². The molecule has 0 radical (unpaired) electrons. The number of ether oxygens (including phenoxy) is 1. The van der Waals surface area contributed by atoms with Gasteiger partial charge in [0.1, 0.15) is 6.07 Å². The lowest BCUT2D eigenvalue weighted by molar-refractivity contribution is 0.183. The minimum absolute atomic E-state index is 0.395. The average molecular weight is 166 g/mol. The zero-order chi connectivity index (χ0) is 8.97. The lowest BCUT2D eigenvalue weighted by atomic mass is 10.4. The molecule has 0 fully saturated rings. The number of hydrogen-bond donors (Lipinski definition) is 1. The van der Waals surface area contributed by atoms with Crippen molar-refractivity contribution in [1.82, 2.24) is 9.78 Å². The van der Waals surface area contributed by atoms with Crippen molar-refractivity contribution >= 4 is 5.69 Å². The van der Waals surface area contributed by atoms with Gasteiger partial charge in [0.15, 0.2) is 5.69 Å². The first-order chi connectivity index (χ1) is 5.79. The van der Waals surface area contributed by atoms with Gasteiger partial charge in [0, 0.05) is 7.11 Å².